The van der Waals surface area contributed by atoms with Crippen LogP contribution in [0.5, 0.6) is 0 Å². The van der Waals surface area contributed by atoms with Crippen molar-refractivity contribution in [3.63, 3.8) is 0 Å². The molecule has 0 fully saturated rings. The third kappa shape index (κ3) is 4.42. The Hall–Kier alpha value is -2.97. The molecule has 140 valence electrons. The fourth-order valence-corrected chi connectivity index (χ4v) is 3.27. The molecule has 0 radical (unpaired) electrons. The predicted octanol–water partition coefficient (Wildman–Crippen LogP) is 2.96. The minimum atomic E-state index is -3.92. The van der Waals surface area contributed by atoms with Crippen molar-refractivity contribution in [2.24, 2.45) is 5.14 Å². The van der Waals surface area contributed by atoms with Crippen molar-refractivity contribution < 1.29 is 22.4 Å². The summed E-state index contributed by atoms with van der Waals surface area (Å²) in [4.78, 5) is 16.4. The Labute approximate surface area is 156 Å². The minimum absolute atomic E-state index is 0.0897. The summed E-state index contributed by atoms with van der Waals surface area (Å²) in [7, 11) is -3.92. The molecule has 0 aliphatic rings. The summed E-state index contributed by atoms with van der Waals surface area (Å²) >= 11 is 0. The van der Waals surface area contributed by atoms with Crippen LogP contribution in [0.3, 0.4) is 0 Å². The van der Waals surface area contributed by atoms with Gasteiger partial charge in [0.1, 0.15) is 18.6 Å². The number of aromatic nitrogens is 1. The van der Waals surface area contributed by atoms with Gasteiger partial charge in [0.05, 0.1) is 10.5 Å². The van der Waals surface area contributed by atoms with Crippen LogP contribution in [0.1, 0.15) is 27.2 Å². The van der Waals surface area contributed by atoms with Crippen LogP contribution in [0, 0.1) is 13.8 Å². The molecule has 3 rings (SSSR count). The average Bonchev–Trinajstić information content (AvgIpc) is 3.08. The summed E-state index contributed by atoms with van der Waals surface area (Å²) in [5.74, 6) is -0.257. The zero-order chi connectivity index (χ0) is 19.6. The van der Waals surface area contributed by atoms with Crippen LogP contribution in [0.15, 0.2) is 58.0 Å². The second-order valence-corrected chi connectivity index (χ2v) is 7.64. The van der Waals surface area contributed by atoms with Gasteiger partial charge >= 0.3 is 5.97 Å². The number of hydrogen-bond donors (Lipinski definition) is 1. The summed E-state index contributed by atoms with van der Waals surface area (Å²) in [6.45, 7) is 3.47. The van der Waals surface area contributed by atoms with Gasteiger partial charge in [-0.15, -0.1) is 0 Å². The maximum Gasteiger partial charge on any atom is 0.338 e. The number of primary sulfonamides is 1. The summed E-state index contributed by atoms with van der Waals surface area (Å²) < 4.78 is 33.7. The molecule has 0 saturated carbocycles. The van der Waals surface area contributed by atoms with Gasteiger partial charge in [-0.2, -0.15) is 0 Å². The highest BCUT2D eigenvalue weighted by Crippen LogP contribution is 2.20. The van der Waals surface area contributed by atoms with E-state index in [1.54, 1.807) is 6.92 Å². The van der Waals surface area contributed by atoms with Crippen molar-refractivity contribution in [1.82, 2.24) is 4.98 Å². The first-order valence-corrected chi connectivity index (χ1v) is 9.61. The fraction of sp³-hybridized carbons (Fsp3) is 0.158. The normalized spacial score (nSPS) is 11.4. The fourth-order valence-electron chi connectivity index (χ4n) is 2.46. The topological polar surface area (TPSA) is 112 Å². The van der Waals surface area contributed by atoms with Crippen molar-refractivity contribution in [1.29, 1.82) is 0 Å². The lowest BCUT2D eigenvalue weighted by molar-refractivity contribution is 0.0467. The molecule has 0 bridgehead atoms. The van der Waals surface area contributed by atoms with E-state index in [4.69, 9.17) is 14.3 Å². The molecule has 0 amide bonds. The van der Waals surface area contributed by atoms with E-state index < -0.39 is 16.0 Å². The summed E-state index contributed by atoms with van der Waals surface area (Å²) in [6, 6.07) is 11.8. The Morgan fingerprint density at radius 2 is 1.85 bits per heavy atom. The van der Waals surface area contributed by atoms with Crippen LogP contribution >= 0.6 is 0 Å². The van der Waals surface area contributed by atoms with Gasteiger partial charge in [-0.05, 0) is 43.7 Å². The Morgan fingerprint density at radius 1 is 1.15 bits per heavy atom. The van der Waals surface area contributed by atoms with E-state index in [9.17, 15) is 13.2 Å². The van der Waals surface area contributed by atoms with E-state index in [2.05, 4.69) is 4.98 Å². The van der Waals surface area contributed by atoms with E-state index in [0.29, 0.717) is 17.1 Å². The Kier molecular flexibility index (Phi) is 5.11. The molecule has 2 N–H and O–H groups in total. The van der Waals surface area contributed by atoms with Crippen LogP contribution in [0.4, 0.5) is 0 Å². The Morgan fingerprint density at radius 3 is 2.52 bits per heavy atom. The van der Waals surface area contributed by atoms with Gasteiger partial charge in [0, 0.05) is 5.56 Å². The molecule has 0 atom stereocenters. The number of nitrogens with two attached hydrogens (primary N) is 1. The third-order valence-corrected chi connectivity index (χ3v) is 4.98. The van der Waals surface area contributed by atoms with Gasteiger partial charge in [-0.25, -0.2) is 23.3 Å². The molecular weight excluding hydrogens is 368 g/mol. The largest absolute Gasteiger partial charge is 0.455 e. The molecule has 0 aliphatic heterocycles. The number of esters is 1. The average molecular weight is 386 g/mol. The van der Waals surface area contributed by atoms with Crippen molar-refractivity contribution in [3.05, 3.63) is 71.1 Å². The number of hydrogen-bond acceptors (Lipinski definition) is 6. The van der Waals surface area contributed by atoms with Crippen molar-refractivity contribution >= 4 is 16.0 Å². The smallest absolute Gasteiger partial charge is 0.338 e. The molecule has 8 heteroatoms. The standard InChI is InChI=1S/C19H18N2O5S/c1-12-3-6-14(7-4-12)18-21-16(10-25-18)11-26-19(22)15-8-5-13(2)17(9-15)27(20,23)24/h3-10H,11H2,1-2H3,(H2,20,23,24). The summed E-state index contributed by atoms with van der Waals surface area (Å²) in [5, 5.41) is 5.16. The number of nitrogens with zero attached hydrogens (tertiary/aromatic N) is 1. The van der Waals surface area contributed by atoms with Gasteiger partial charge in [-0.1, -0.05) is 23.8 Å². The van der Waals surface area contributed by atoms with Gasteiger partial charge in [0.15, 0.2) is 0 Å². The number of benzene rings is 2. The molecule has 0 spiro atoms. The second kappa shape index (κ2) is 7.34. The quantitative estimate of drug-likeness (QED) is 0.675. The van der Waals surface area contributed by atoms with E-state index in [1.807, 2.05) is 31.2 Å². The van der Waals surface area contributed by atoms with E-state index in [0.717, 1.165) is 11.1 Å². The zero-order valence-electron chi connectivity index (χ0n) is 14.8. The maximum atomic E-state index is 12.2. The van der Waals surface area contributed by atoms with Crippen LogP contribution in [0.25, 0.3) is 11.5 Å². The van der Waals surface area contributed by atoms with Crippen molar-refractivity contribution in [2.75, 3.05) is 0 Å². The summed E-state index contributed by atoms with van der Waals surface area (Å²) in [5.41, 5.74) is 2.92. The SMILES string of the molecule is Cc1ccc(-c2nc(COC(=O)c3ccc(C)c(S(N)(=O)=O)c3)co2)cc1. The second-order valence-electron chi connectivity index (χ2n) is 6.11. The number of carbonyl (C=O) groups excluding carboxylic acids is 1. The molecule has 0 saturated heterocycles. The van der Waals surface area contributed by atoms with Gasteiger partial charge in [0.25, 0.3) is 0 Å². The molecular formula is C19H18N2O5S. The first-order chi connectivity index (χ1) is 12.7. The van der Waals surface area contributed by atoms with Gasteiger partial charge in [0.2, 0.25) is 15.9 Å². The lowest BCUT2D eigenvalue weighted by atomic mass is 10.1. The van der Waals surface area contributed by atoms with E-state index >= 15 is 0 Å². The van der Waals surface area contributed by atoms with Gasteiger partial charge in [-0.3, -0.25) is 0 Å². The summed E-state index contributed by atoms with van der Waals surface area (Å²) in [6.07, 6.45) is 1.41. The van der Waals surface area contributed by atoms with Crippen LogP contribution < -0.4 is 5.14 Å². The number of oxazole rings is 1. The number of carbonyl (C=O) groups is 1. The Balaban J connectivity index is 1.71. The first kappa shape index (κ1) is 18.8. The molecule has 0 unspecified atom stereocenters. The van der Waals surface area contributed by atoms with Crippen LogP contribution in [-0.2, 0) is 21.4 Å². The first-order valence-electron chi connectivity index (χ1n) is 8.06. The number of rotatable bonds is 5. The molecule has 0 aliphatic carbocycles. The van der Waals surface area contributed by atoms with E-state index in [-0.39, 0.29) is 17.1 Å². The lowest BCUT2D eigenvalue weighted by Gasteiger charge is -2.07. The number of ether oxygens (including phenoxy) is 1. The molecule has 2 aromatic carbocycles. The lowest BCUT2D eigenvalue weighted by Crippen LogP contribution is -2.15. The Bertz CT molecular complexity index is 1090. The molecule has 7 nitrogen and oxygen atoms in total. The van der Waals surface area contributed by atoms with Crippen LogP contribution in [0.2, 0.25) is 0 Å². The monoisotopic (exact) mass is 386 g/mol. The highest BCUT2D eigenvalue weighted by Gasteiger charge is 2.17. The highest BCUT2D eigenvalue weighted by atomic mass is 32.2. The molecule has 1 aromatic heterocycles. The minimum Gasteiger partial charge on any atom is -0.455 e. The predicted molar refractivity (Wildman–Crippen MR) is 98.3 cm³/mol. The van der Waals surface area contributed by atoms with E-state index in [1.165, 1.54) is 24.5 Å². The highest BCUT2D eigenvalue weighted by molar-refractivity contribution is 7.89. The van der Waals surface area contributed by atoms with Gasteiger partial charge < -0.3 is 9.15 Å². The van der Waals surface area contributed by atoms with Crippen molar-refractivity contribution in [2.45, 2.75) is 25.3 Å². The molecule has 27 heavy (non-hydrogen) atoms. The maximum absolute atomic E-state index is 12.2. The van der Waals surface area contributed by atoms with Crippen molar-refractivity contribution in [3.8, 4) is 11.5 Å². The third-order valence-electron chi connectivity index (χ3n) is 3.93. The zero-order valence-corrected chi connectivity index (χ0v) is 15.6. The molecule has 3 aromatic rings. The van der Waals surface area contributed by atoms with Crippen LogP contribution in [-0.4, -0.2) is 19.4 Å². The molecule has 1 heterocycles. The number of aryl methyl sites for hydroxylation is 2. The number of sulfonamides is 1.